The first-order valence-corrected chi connectivity index (χ1v) is 7.12. The predicted octanol–water partition coefficient (Wildman–Crippen LogP) is 0.830. The third-order valence-corrected chi connectivity index (χ3v) is 3.90. The van der Waals surface area contributed by atoms with Gasteiger partial charge in [-0.1, -0.05) is 0 Å². The molecule has 0 radical (unpaired) electrons. The van der Waals surface area contributed by atoms with Crippen molar-refractivity contribution in [3.63, 3.8) is 0 Å². The lowest BCUT2D eigenvalue weighted by Crippen LogP contribution is -2.34. The molecule has 1 fully saturated rings. The summed E-state index contributed by atoms with van der Waals surface area (Å²) < 4.78 is 11.0. The number of benzene rings is 1. The number of nitrogens with zero attached hydrogens (tertiary/aromatic N) is 2. The van der Waals surface area contributed by atoms with Crippen molar-refractivity contribution in [1.82, 2.24) is 5.06 Å². The average Bonchev–Trinajstić information content (AvgIpc) is 2.94. The lowest BCUT2D eigenvalue weighted by molar-refractivity contribution is -0.172. The van der Waals surface area contributed by atoms with Gasteiger partial charge in [-0.05, 0) is 12.1 Å². The van der Waals surface area contributed by atoms with Gasteiger partial charge in [0.1, 0.15) is 13.2 Å². The number of amides is 2. The number of carbonyl (C=O) groups excluding carboxylic acids is 2. The molecule has 2 aliphatic heterocycles. The maximum atomic E-state index is 12.2. The topological polar surface area (TPSA) is 68.3 Å². The van der Waals surface area contributed by atoms with Gasteiger partial charge in [-0.3, -0.25) is 14.4 Å². The van der Waals surface area contributed by atoms with Gasteiger partial charge < -0.3 is 14.4 Å². The van der Waals surface area contributed by atoms with E-state index in [2.05, 4.69) is 0 Å². The Bertz CT molecular complexity index is 604. The Morgan fingerprint density at radius 3 is 2.77 bits per heavy atom. The molecule has 0 aliphatic carbocycles. The molecule has 0 saturated carbocycles. The first-order valence-electron chi connectivity index (χ1n) is 7.12. The second kappa shape index (κ2) is 5.84. The monoisotopic (exact) mass is 306 g/mol. The first-order chi connectivity index (χ1) is 10.6. The van der Waals surface area contributed by atoms with Crippen molar-refractivity contribution >= 4 is 17.5 Å². The highest BCUT2D eigenvalue weighted by Gasteiger charge is 2.37. The quantitative estimate of drug-likeness (QED) is 0.774. The molecule has 7 heteroatoms. The molecule has 22 heavy (non-hydrogen) atoms. The van der Waals surface area contributed by atoms with Crippen LogP contribution in [0.5, 0.6) is 11.5 Å². The maximum absolute atomic E-state index is 12.2. The van der Waals surface area contributed by atoms with Crippen molar-refractivity contribution in [1.29, 1.82) is 0 Å². The summed E-state index contributed by atoms with van der Waals surface area (Å²) in [7, 11) is 2.97. The molecule has 7 nitrogen and oxygen atoms in total. The summed E-state index contributed by atoms with van der Waals surface area (Å²) in [6.07, 6.45) is 0.182. The van der Waals surface area contributed by atoms with Gasteiger partial charge in [-0.25, -0.2) is 5.06 Å². The Morgan fingerprint density at radius 1 is 1.32 bits per heavy atom. The van der Waals surface area contributed by atoms with Gasteiger partial charge in [-0.15, -0.1) is 0 Å². The van der Waals surface area contributed by atoms with Crippen molar-refractivity contribution < 1.29 is 23.9 Å². The molecule has 0 N–H and O–H groups in total. The molecule has 1 atom stereocenters. The van der Waals surface area contributed by atoms with E-state index in [9.17, 15) is 9.59 Å². The van der Waals surface area contributed by atoms with Gasteiger partial charge in [0.2, 0.25) is 5.91 Å². The summed E-state index contributed by atoms with van der Waals surface area (Å²) in [4.78, 5) is 30.8. The van der Waals surface area contributed by atoms with E-state index in [4.69, 9.17) is 14.3 Å². The zero-order valence-corrected chi connectivity index (χ0v) is 12.6. The molecule has 0 spiro atoms. The third-order valence-electron chi connectivity index (χ3n) is 3.90. The fraction of sp³-hybridized carbons (Fsp3) is 0.467. The Labute approximate surface area is 128 Å². The van der Waals surface area contributed by atoms with Crippen LogP contribution in [0, 0.1) is 5.92 Å². The van der Waals surface area contributed by atoms with Crippen molar-refractivity contribution in [3.05, 3.63) is 18.2 Å². The van der Waals surface area contributed by atoms with Crippen LogP contribution in [0.3, 0.4) is 0 Å². The smallest absolute Gasteiger partial charge is 0.251 e. The molecule has 1 aromatic rings. The van der Waals surface area contributed by atoms with Crippen LogP contribution >= 0.6 is 0 Å². The summed E-state index contributed by atoms with van der Waals surface area (Å²) in [5.41, 5.74) is 0.713. The van der Waals surface area contributed by atoms with E-state index in [1.807, 2.05) is 0 Å². The summed E-state index contributed by atoms with van der Waals surface area (Å²) in [6, 6.07) is 5.37. The van der Waals surface area contributed by atoms with E-state index in [-0.39, 0.29) is 18.2 Å². The highest BCUT2D eigenvalue weighted by molar-refractivity contribution is 6.00. The number of fused-ring (bicyclic) bond motifs is 1. The van der Waals surface area contributed by atoms with Crippen molar-refractivity contribution in [2.75, 3.05) is 38.8 Å². The minimum atomic E-state index is -0.398. The fourth-order valence-electron chi connectivity index (χ4n) is 2.67. The van der Waals surface area contributed by atoms with Gasteiger partial charge in [0.25, 0.3) is 5.91 Å². The molecular weight excluding hydrogens is 288 g/mol. The Morgan fingerprint density at radius 2 is 2.05 bits per heavy atom. The van der Waals surface area contributed by atoms with Gasteiger partial charge in [-0.2, -0.15) is 0 Å². The predicted molar refractivity (Wildman–Crippen MR) is 77.7 cm³/mol. The van der Waals surface area contributed by atoms with Gasteiger partial charge in [0, 0.05) is 31.8 Å². The molecule has 1 aromatic carbocycles. The minimum Gasteiger partial charge on any atom is -0.486 e. The van der Waals surface area contributed by atoms with E-state index in [0.717, 1.165) is 5.06 Å². The van der Waals surface area contributed by atoms with E-state index in [0.29, 0.717) is 36.9 Å². The zero-order valence-electron chi connectivity index (χ0n) is 12.6. The second-order valence-corrected chi connectivity index (χ2v) is 5.25. The SMILES string of the molecule is CON(C)C(=O)[C@H]1CC(=O)N(c2ccc3c(c2)OCCO3)C1. The molecule has 2 aliphatic rings. The second-order valence-electron chi connectivity index (χ2n) is 5.25. The largest absolute Gasteiger partial charge is 0.486 e. The van der Waals surface area contributed by atoms with Crippen LogP contribution in [0.2, 0.25) is 0 Å². The molecule has 1 saturated heterocycles. The van der Waals surface area contributed by atoms with E-state index in [1.165, 1.54) is 7.11 Å². The van der Waals surface area contributed by atoms with Crippen LogP contribution in [0.4, 0.5) is 5.69 Å². The first kappa shape index (κ1) is 14.6. The van der Waals surface area contributed by atoms with E-state index in [1.54, 1.807) is 30.1 Å². The van der Waals surface area contributed by atoms with Crippen LogP contribution in [-0.4, -0.2) is 50.8 Å². The average molecular weight is 306 g/mol. The molecule has 0 unspecified atom stereocenters. The highest BCUT2D eigenvalue weighted by Crippen LogP contribution is 2.36. The van der Waals surface area contributed by atoms with Gasteiger partial charge in [0.05, 0.1) is 13.0 Å². The fourth-order valence-corrected chi connectivity index (χ4v) is 2.67. The number of ether oxygens (including phenoxy) is 2. The summed E-state index contributed by atoms with van der Waals surface area (Å²) in [6.45, 7) is 1.35. The van der Waals surface area contributed by atoms with Crippen LogP contribution in [0.25, 0.3) is 0 Å². The zero-order chi connectivity index (χ0) is 15.7. The molecule has 118 valence electrons. The number of anilines is 1. The van der Waals surface area contributed by atoms with Crippen LogP contribution < -0.4 is 14.4 Å². The Hall–Kier alpha value is -2.28. The summed E-state index contributed by atoms with van der Waals surface area (Å²) in [5.74, 6) is 0.620. The Balaban J connectivity index is 1.78. The minimum absolute atomic E-state index is 0.0838. The van der Waals surface area contributed by atoms with Crippen LogP contribution in [-0.2, 0) is 14.4 Å². The molecule has 3 rings (SSSR count). The third kappa shape index (κ3) is 2.59. The Kier molecular flexibility index (Phi) is 3.89. The number of rotatable bonds is 3. The van der Waals surface area contributed by atoms with Crippen molar-refractivity contribution in [3.8, 4) is 11.5 Å². The standard InChI is InChI=1S/C15H18N2O5/c1-16(20-2)15(19)10-7-14(18)17(9-10)11-3-4-12-13(8-11)22-6-5-21-12/h3-4,8,10H,5-7,9H2,1-2H3/t10-/m0/s1. The summed E-state index contributed by atoms with van der Waals surface area (Å²) >= 11 is 0. The van der Waals surface area contributed by atoms with Crippen molar-refractivity contribution in [2.45, 2.75) is 6.42 Å². The van der Waals surface area contributed by atoms with Gasteiger partial charge >= 0.3 is 0 Å². The lowest BCUT2D eigenvalue weighted by Gasteiger charge is -2.22. The number of hydrogen-bond acceptors (Lipinski definition) is 5. The maximum Gasteiger partial charge on any atom is 0.251 e. The number of hydrogen-bond donors (Lipinski definition) is 0. The molecule has 2 amide bonds. The molecular formula is C15H18N2O5. The number of hydroxylamine groups is 2. The van der Waals surface area contributed by atoms with Crippen molar-refractivity contribution in [2.24, 2.45) is 5.92 Å². The molecule has 2 heterocycles. The van der Waals surface area contributed by atoms with Crippen LogP contribution in [0.15, 0.2) is 18.2 Å². The number of carbonyl (C=O) groups is 2. The summed E-state index contributed by atoms with van der Waals surface area (Å²) in [5, 5.41) is 1.16. The lowest BCUT2D eigenvalue weighted by atomic mass is 10.1. The van der Waals surface area contributed by atoms with E-state index >= 15 is 0 Å². The highest BCUT2D eigenvalue weighted by atomic mass is 16.7. The molecule has 0 bridgehead atoms. The van der Waals surface area contributed by atoms with Gasteiger partial charge in [0.15, 0.2) is 11.5 Å². The normalized spacial score (nSPS) is 20.2. The molecule has 0 aromatic heterocycles. The van der Waals surface area contributed by atoms with E-state index < -0.39 is 5.92 Å². The van der Waals surface area contributed by atoms with Crippen LogP contribution in [0.1, 0.15) is 6.42 Å².